The van der Waals surface area contributed by atoms with Crippen LogP contribution in [0.1, 0.15) is 46.5 Å². The van der Waals surface area contributed by atoms with Crippen molar-refractivity contribution in [3.05, 3.63) is 0 Å². The zero-order chi connectivity index (χ0) is 17.9. The number of hydrogen-bond donors (Lipinski definition) is 0. The number of ketones is 1. The lowest BCUT2D eigenvalue weighted by Gasteiger charge is -2.37. The normalized spacial score (nSPS) is 21.4. The number of ether oxygens (including phenoxy) is 1. The average Bonchev–Trinajstić information content (AvgIpc) is 2.47. The van der Waals surface area contributed by atoms with Crippen molar-refractivity contribution >= 4 is 17.8 Å². The first-order chi connectivity index (χ1) is 11.2. The Balaban J connectivity index is 1.89. The molecule has 1 aliphatic heterocycles. The molecule has 1 heterocycles. The monoisotopic (exact) mass is 334 g/mol. The minimum atomic E-state index is -0.540. The van der Waals surface area contributed by atoms with Gasteiger partial charge in [-0.05, 0) is 39.5 Å². The van der Waals surface area contributed by atoms with Crippen LogP contribution < -0.4 is 0 Å². The Morgan fingerprint density at radius 3 is 2.54 bits per heavy atom. The van der Waals surface area contributed by atoms with Crippen LogP contribution in [0, 0.1) is 17.8 Å². The summed E-state index contributed by atoms with van der Waals surface area (Å²) in [5.74, 6) is 5.54. The van der Waals surface area contributed by atoms with E-state index in [1.165, 1.54) is 0 Å². The fourth-order valence-corrected chi connectivity index (χ4v) is 2.77. The second-order valence-corrected chi connectivity index (χ2v) is 7.55. The van der Waals surface area contributed by atoms with Gasteiger partial charge in [0.2, 0.25) is 0 Å². The topological polar surface area (TPSA) is 66.9 Å². The Bertz CT molecular complexity index is 574. The molecule has 24 heavy (non-hydrogen) atoms. The molecule has 0 aromatic carbocycles. The third-order valence-corrected chi connectivity index (χ3v) is 4.24. The summed E-state index contributed by atoms with van der Waals surface area (Å²) in [6.45, 7) is 6.60. The van der Waals surface area contributed by atoms with Crippen LogP contribution in [0.3, 0.4) is 0 Å². The molecule has 0 aromatic rings. The first-order valence-electron chi connectivity index (χ1n) is 8.43. The van der Waals surface area contributed by atoms with Gasteiger partial charge < -0.3 is 14.5 Å². The highest BCUT2D eigenvalue weighted by Crippen LogP contribution is 2.21. The molecule has 1 aliphatic carbocycles. The Labute approximate surface area is 143 Å². The third-order valence-electron chi connectivity index (χ3n) is 4.24. The largest absolute Gasteiger partial charge is 0.444 e. The van der Waals surface area contributed by atoms with Gasteiger partial charge in [0, 0.05) is 38.9 Å². The van der Waals surface area contributed by atoms with Gasteiger partial charge in [-0.2, -0.15) is 0 Å². The predicted molar refractivity (Wildman–Crippen MR) is 89.1 cm³/mol. The standard InChI is InChI=1S/C18H26N2O4/c1-18(2,3)24-17(23)19(4)14-6-5-9-20(12-14)16(22)8-7-13-10-15(21)11-13/h13-14H,5-6,9-12H2,1-4H3. The van der Waals surface area contributed by atoms with Crippen molar-refractivity contribution in [1.29, 1.82) is 0 Å². The molecule has 0 spiro atoms. The van der Waals surface area contributed by atoms with E-state index in [4.69, 9.17) is 4.74 Å². The minimum Gasteiger partial charge on any atom is -0.444 e. The molecule has 1 saturated carbocycles. The molecule has 0 aromatic heterocycles. The zero-order valence-electron chi connectivity index (χ0n) is 14.9. The van der Waals surface area contributed by atoms with Crippen LogP contribution in [0.2, 0.25) is 0 Å². The molecule has 6 nitrogen and oxygen atoms in total. The van der Waals surface area contributed by atoms with Crippen LogP contribution in [0.4, 0.5) is 4.79 Å². The molecule has 0 radical (unpaired) electrons. The summed E-state index contributed by atoms with van der Waals surface area (Å²) in [4.78, 5) is 38.6. The summed E-state index contributed by atoms with van der Waals surface area (Å²) in [5, 5.41) is 0. The van der Waals surface area contributed by atoms with Gasteiger partial charge in [0.25, 0.3) is 5.91 Å². The average molecular weight is 334 g/mol. The van der Waals surface area contributed by atoms with Crippen molar-refractivity contribution in [2.24, 2.45) is 5.92 Å². The van der Waals surface area contributed by atoms with E-state index in [9.17, 15) is 14.4 Å². The van der Waals surface area contributed by atoms with Gasteiger partial charge in [-0.25, -0.2) is 4.79 Å². The lowest BCUT2D eigenvalue weighted by molar-refractivity contribution is -0.127. The number of likely N-dealkylation sites (tertiary alicyclic amines) is 1. The van der Waals surface area contributed by atoms with Gasteiger partial charge in [0.15, 0.2) is 0 Å². The summed E-state index contributed by atoms with van der Waals surface area (Å²) < 4.78 is 5.38. The molecule has 1 saturated heterocycles. The molecule has 2 rings (SSSR count). The highest BCUT2D eigenvalue weighted by Gasteiger charge is 2.31. The quantitative estimate of drug-likeness (QED) is 0.686. The molecular formula is C18H26N2O4. The van der Waals surface area contributed by atoms with E-state index in [-0.39, 0.29) is 29.7 Å². The van der Waals surface area contributed by atoms with Gasteiger partial charge in [-0.1, -0.05) is 5.92 Å². The second-order valence-electron chi connectivity index (χ2n) is 7.55. The number of carbonyl (C=O) groups excluding carboxylic acids is 3. The maximum Gasteiger partial charge on any atom is 0.410 e. The minimum absolute atomic E-state index is 0.0338. The SMILES string of the molecule is CN(C(=O)OC(C)(C)C)C1CCCN(C(=O)C#CC2CC(=O)C2)C1. The maximum atomic E-state index is 12.2. The van der Waals surface area contributed by atoms with Crippen LogP contribution in [-0.4, -0.2) is 59.4 Å². The number of nitrogens with zero attached hydrogens (tertiary/aromatic N) is 2. The van der Waals surface area contributed by atoms with Crippen molar-refractivity contribution in [2.75, 3.05) is 20.1 Å². The molecule has 0 bridgehead atoms. The van der Waals surface area contributed by atoms with Crippen molar-refractivity contribution in [3.8, 4) is 11.8 Å². The molecule has 1 unspecified atom stereocenters. The molecular weight excluding hydrogens is 308 g/mol. The predicted octanol–water partition coefficient (Wildman–Crippen LogP) is 1.83. The van der Waals surface area contributed by atoms with E-state index in [0.717, 1.165) is 12.8 Å². The fraction of sp³-hybridized carbons (Fsp3) is 0.722. The molecule has 1 atom stereocenters. The van der Waals surface area contributed by atoms with E-state index >= 15 is 0 Å². The summed E-state index contributed by atoms with van der Waals surface area (Å²) in [6.07, 6.45) is 2.21. The van der Waals surface area contributed by atoms with Gasteiger partial charge in [0.1, 0.15) is 11.4 Å². The van der Waals surface area contributed by atoms with E-state index in [1.807, 2.05) is 20.8 Å². The molecule has 2 amide bonds. The van der Waals surface area contributed by atoms with Crippen molar-refractivity contribution in [1.82, 2.24) is 9.80 Å². The van der Waals surface area contributed by atoms with E-state index < -0.39 is 5.60 Å². The number of likely N-dealkylation sites (N-methyl/N-ethyl adjacent to an activating group) is 1. The van der Waals surface area contributed by atoms with Crippen LogP contribution in [0.25, 0.3) is 0 Å². The maximum absolute atomic E-state index is 12.2. The highest BCUT2D eigenvalue weighted by molar-refractivity contribution is 5.94. The van der Waals surface area contributed by atoms with Crippen LogP contribution >= 0.6 is 0 Å². The number of Topliss-reactive ketones (excluding diaryl/α,β-unsaturated/α-hetero) is 1. The van der Waals surface area contributed by atoms with Crippen molar-refractivity contribution in [2.45, 2.75) is 58.1 Å². The first-order valence-corrected chi connectivity index (χ1v) is 8.43. The van der Waals surface area contributed by atoms with Crippen molar-refractivity contribution in [3.63, 3.8) is 0 Å². The molecule has 6 heteroatoms. The molecule has 2 fully saturated rings. The summed E-state index contributed by atoms with van der Waals surface area (Å²) >= 11 is 0. The lowest BCUT2D eigenvalue weighted by Crippen LogP contribution is -2.51. The van der Waals surface area contributed by atoms with Crippen LogP contribution in [-0.2, 0) is 14.3 Å². The van der Waals surface area contributed by atoms with Crippen molar-refractivity contribution < 1.29 is 19.1 Å². The number of hydrogen-bond acceptors (Lipinski definition) is 4. The number of rotatable bonds is 1. The Morgan fingerprint density at radius 1 is 1.29 bits per heavy atom. The van der Waals surface area contributed by atoms with Gasteiger partial charge >= 0.3 is 6.09 Å². The number of piperidine rings is 1. The first kappa shape index (κ1) is 18.3. The Kier molecular flexibility index (Phi) is 5.53. The van der Waals surface area contributed by atoms with E-state index in [0.29, 0.717) is 25.9 Å². The molecule has 2 aliphatic rings. The Morgan fingerprint density at radius 2 is 1.96 bits per heavy atom. The third kappa shape index (κ3) is 4.98. The highest BCUT2D eigenvalue weighted by atomic mass is 16.6. The molecule has 0 N–H and O–H groups in total. The lowest BCUT2D eigenvalue weighted by atomic mass is 9.85. The van der Waals surface area contributed by atoms with E-state index in [2.05, 4.69) is 11.8 Å². The molecule has 132 valence electrons. The van der Waals surface area contributed by atoms with Crippen LogP contribution in [0.5, 0.6) is 0 Å². The smallest absolute Gasteiger partial charge is 0.410 e. The summed E-state index contributed by atoms with van der Waals surface area (Å²) in [5.41, 5.74) is -0.540. The van der Waals surface area contributed by atoms with Gasteiger partial charge in [-0.15, -0.1) is 0 Å². The fourth-order valence-electron chi connectivity index (χ4n) is 2.77. The van der Waals surface area contributed by atoms with Gasteiger partial charge in [-0.3, -0.25) is 9.59 Å². The second kappa shape index (κ2) is 7.25. The summed E-state index contributed by atoms with van der Waals surface area (Å²) in [7, 11) is 1.71. The van der Waals surface area contributed by atoms with Crippen LogP contribution in [0.15, 0.2) is 0 Å². The number of amides is 2. The zero-order valence-corrected chi connectivity index (χ0v) is 14.9. The van der Waals surface area contributed by atoms with E-state index in [1.54, 1.807) is 16.8 Å². The Hall–Kier alpha value is -2.03. The number of carbonyl (C=O) groups is 3. The van der Waals surface area contributed by atoms with Gasteiger partial charge in [0.05, 0.1) is 6.04 Å². The summed E-state index contributed by atoms with van der Waals surface area (Å²) in [6, 6.07) is -0.0652.